The lowest BCUT2D eigenvalue weighted by Gasteiger charge is -2.07. The van der Waals surface area contributed by atoms with Gasteiger partial charge in [-0.2, -0.15) is 0 Å². The van der Waals surface area contributed by atoms with Gasteiger partial charge in [0.05, 0.1) is 4.91 Å². The number of carbonyl (C=O) groups excluding carboxylic acids is 3. The predicted molar refractivity (Wildman–Crippen MR) is 98.4 cm³/mol. The Bertz CT molecular complexity index is 870. The Kier molecular flexibility index (Phi) is 5.59. The van der Waals surface area contributed by atoms with Crippen LogP contribution in [-0.4, -0.2) is 40.1 Å². The molecule has 0 bridgehead atoms. The lowest BCUT2D eigenvalue weighted by atomic mass is 10.2. The first-order valence-electron chi connectivity index (χ1n) is 7.77. The van der Waals surface area contributed by atoms with E-state index in [2.05, 4.69) is 25.9 Å². The van der Waals surface area contributed by atoms with Crippen molar-refractivity contribution in [1.82, 2.24) is 20.6 Å². The zero-order chi connectivity index (χ0) is 18.4. The molecule has 0 aliphatic carbocycles. The van der Waals surface area contributed by atoms with Crippen LogP contribution in [-0.2, 0) is 4.79 Å². The minimum Gasteiger partial charge on any atom is -0.368 e. The molecule has 2 heterocycles. The smallest absolute Gasteiger partial charge is 0.290 e. The minimum absolute atomic E-state index is 0.144. The number of aromatic nitrogens is 2. The molecule has 0 atom stereocenters. The number of nitrogens with one attached hydrogen (secondary N) is 3. The summed E-state index contributed by atoms with van der Waals surface area (Å²) in [6, 6.07) is 10.6. The molecular formula is C17H15N5O3S. The zero-order valence-corrected chi connectivity index (χ0v) is 14.4. The van der Waals surface area contributed by atoms with Crippen LogP contribution < -0.4 is 16.0 Å². The second-order valence-electron chi connectivity index (χ2n) is 5.20. The Labute approximate surface area is 153 Å². The third-order valence-corrected chi connectivity index (χ3v) is 4.14. The summed E-state index contributed by atoms with van der Waals surface area (Å²) in [6.07, 6.45) is 3.00. The van der Waals surface area contributed by atoms with Gasteiger partial charge in [0.2, 0.25) is 0 Å². The molecule has 0 saturated carbocycles. The van der Waals surface area contributed by atoms with Crippen LogP contribution in [0.3, 0.4) is 0 Å². The van der Waals surface area contributed by atoms with Gasteiger partial charge in [0.15, 0.2) is 5.82 Å². The van der Waals surface area contributed by atoms with Crippen LogP contribution in [0.2, 0.25) is 0 Å². The third-order valence-electron chi connectivity index (χ3n) is 3.33. The van der Waals surface area contributed by atoms with Crippen molar-refractivity contribution in [2.45, 2.75) is 0 Å². The van der Waals surface area contributed by atoms with Crippen LogP contribution in [0, 0.1) is 0 Å². The summed E-state index contributed by atoms with van der Waals surface area (Å²) in [7, 11) is 0. The van der Waals surface area contributed by atoms with E-state index in [0.717, 1.165) is 11.8 Å². The Morgan fingerprint density at radius 3 is 2.69 bits per heavy atom. The highest BCUT2D eigenvalue weighted by Crippen LogP contribution is 2.24. The van der Waals surface area contributed by atoms with Gasteiger partial charge in [0, 0.05) is 30.9 Å². The molecule has 26 heavy (non-hydrogen) atoms. The fourth-order valence-electron chi connectivity index (χ4n) is 2.14. The third kappa shape index (κ3) is 4.67. The summed E-state index contributed by atoms with van der Waals surface area (Å²) >= 11 is 0.811. The molecule has 8 nitrogen and oxygen atoms in total. The Morgan fingerprint density at radius 2 is 1.96 bits per heavy atom. The zero-order valence-electron chi connectivity index (χ0n) is 13.6. The number of rotatable bonds is 6. The standard InChI is InChI=1S/C17H15N5O3S/c23-15(11-4-2-1-3-5-11)20-9-8-19-13-6-7-18-14(21-13)10-12-16(24)22-17(25)26-12/h1-7,10H,8-9H2,(H,20,23)(H,18,19,21)(H,22,24,25)/b12-10-. The largest absolute Gasteiger partial charge is 0.368 e. The Hall–Kier alpha value is -3.20. The first-order valence-corrected chi connectivity index (χ1v) is 8.58. The van der Waals surface area contributed by atoms with E-state index in [9.17, 15) is 14.4 Å². The van der Waals surface area contributed by atoms with Crippen LogP contribution in [0.15, 0.2) is 47.5 Å². The monoisotopic (exact) mass is 369 g/mol. The number of benzene rings is 1. The van der Waals surface area contributed by atoms with Gasteiger partial charge >= 0.3 is 0 Å². The van der Waals surface area contributed by atoms with E-state index in [1.165, 1.54) is 6.08 Å². The molecule has 1 aromatic carbocycles. The van der Waals surface area contributed by atoms with Crippen molar-refractivity contribution >= 4 is 40.7 Å². The number of imide groups is 1. The second-order valence-corrected chi connectivity index (χ2v) is 6.22. The summed E-state index contributed by atoms with van der Waals surface area (Å²) in [5, 5.41) is 7.63. The SMILES string of the molecule is O=C1NC(=O)/C(=C/c2nccc(NCCNC(=O)c3ccccc3)n2)S1. The van der Waals surface area contributed by atoms with Crippen molar-refractivity contribution in [3.63, 3.8) is 0 Å². The van der Waals surface area contributed by atoms with Gasteiger partial charge < -0.3 is 10.6 Å². The fraction of sp³-hybridized carbons (Fsp3) is 0.118. The Balaban J connectivity index is 1.51. The van der Waals surface area contributed by atoms with Gasteiger partial charge in [-0.15, -0.1) is 0 Å². The van der Waals surface area contributed by atoms with Crippen molar-refractivity contribution in [2.75, 3.05) is 18.4 Å². The number of nitrogens with zero attached hydrogens (tertiary/aromatic N) is 2. The summed E-state index contributed by atoms with van der Waals surface area (Å²) in [5.41, 5.74) is 0.602. The molecule has 3 rings (SSSR count). The number of thioether (sulfide) groups is 1. The molecule has 0 radical (unpaired) electrons. The van der Waals surface area contributed by atoms with E-state index in [4.69, 9.17) is 0 Å². The van der Waals surface area contributed by atoms with Crippen molar-refractivity contribution in [1.29, 1.82) is 0 Å². The van der Waals surface area contributed by atoms with Gasteiger partial charge in [-0.3, -0.25) is 19.7 Å². The molecule has 132 valence electrons. The maximum Gasteiger partial charge on any atom is 0.290 e. The van der Waals surface area contributed by atoms with Crippen LogP contribution in [0.4, 0.5) is 10.6 Å². The quantitative estimate of drug-likeness (QED) is 0.524. The molecule has 3 amide bonds. The fourth-order valence-corrected chi connectivity index (χ4v) is 2.79. The number of anilines is 1. The van der Waals surface area contributed by atoms with Crippen molar-refractivity contribution in [3.05, 3.63) is 58.9 Å². The lowest BCUT2D eigenvalue weighted by Crippen LogP contribution is -2.28. The molecule has 0 spiro atoms. The van der Waals surface area contributed by atoms with E-state index in [1.807, 2.05) is 6.07 Å². The molecule has 3 N–H and O–H groups in total. The molecule has 1 aliphatic heterocycles. The summed E-state index contributed by atoms with van der Waals surface area (Å²) in [6.45, 7) is 0.889. The Morgan fingerprint density at radius 1 is 1.15 bits per heavy atom. The van der Waals surface area contributed by atoms with Gasteiger partial charge in [-0.05, 0) is 30.0 Å². The van der Waals surface area contributed by atoms with E-state index >= 15 is 0 Å². The van der Waals surface area contributed by atoms with Crippen LogP contribution in [0.5, 0.6) is 0 Å². The minimum atomic E-state index is -0.453. The second kappa shape index (κ2) is 8.26. The van der Waals surface area contributed by atoms with Gasteiger partial charge in [0.25, 0.3) is 17.1 Å². The number of hydrogen-bond acceptors (Lipinski definition) is 7. The summed E-state index contributed by atoms with van der Waals surface area (Å²) in [4.78, 5) is 43.2. The van der Waals surface area contributed by atoms with E-state index in [0.29, 0.717) is 30.3 Å². The average Bonchev–Trinajstić information content (AvgIpc) is 2.96. The highest BCUT2D eigenvalue weighted by Gasteiger charge is 2.25. The molecule has 1 fully saturated rings. The maximum absolute atomic E-state index is 11.9. The van der Waals surface area contributed by atoms with E-state index in [1.54, 1.807) is 36.5 Å². The molecule has 0 unspecified atom stereocenters. The molecule has 2 aromatic rings. The number of hydrogen-bond donors (Lipinski definition) is 3. The normalized spacial score (nSPS) is 15.0. The van der Waals surface area contributed by atoms with Crippen molar-refractivity contribution < 1.29 is 14.4 Å². The van der Waals surface area contributed by atoms with Crippen molar-refractivity contribution in [2.24, 2.45) is 0 Å². The highest BCUT2D eigenvalue weighted by atomic mass is 32.2. The van der Waals surface area contributed by atoms with E-state index < -0.39 is 11.1 Å². The van der Waals surface area contributed by atoms with E-state index in [-0.39, 0.29) is 10.8 Å². The summed E-state index contributed by atoms with van der Waals surface area (Å²) in [5.74, 6) is 0.270. The molecule has 1 aliphatic rings. The molecule has 1 saturated heterocycles. The average molecular weight is 369 g/mol. The number of carbonyl (C=O) groups is 3. The first kappa shape index (κ1) is 17.6. The molecule has 1 aromatic heterocycles. The van der Waals surface area contributed by atoms with Gasteiger partial charge in [-0.1, -0.05) is 18.2 Å². The van der Waals surface area contributed by atoms with Gasteiger partial charge in [-0.25, -0.2) is 9.97 Å². The maximum atomic E-state index is 11.9. The topological polar surface area (TPSA) is 113 Å². The van der Waals surface area contributed by atoms with Crippen LogP contribution in [0.1, 0.15) is 16.2 Å². The predicted octanol–water partition coefficient (Wildman–Crippen LogP) is 1.64. The number of amides is 3. The first-order chi connectivity index (χ1) is 12.6. The van der Waals surface area contributed by atoms with Crippen LogP contribution >= 0.6 is 11.8 Å². The molecule has 9 heteroatoms. The molecular weight excluding hydrogens is 354 g/mol. The highest BCUT2D eigenvalue weighted by molar-refractivity contribution is 8.18. The lowest BCUT2D eigenvalue weighted by molar-refractivity contribution is -0.115. The van der Waals surface area contributed by atoms with Crippen molar-refractivity contribution in [3.8, 4) is 0 Å². The van der Waals surface area contributed by atoms with Crippen LogP contribution in [0.25, 0.3) is 6.08 Å². The van der Waals surface area contributed by atoms with Gasteiger partial charge in [0.1, 0.15) is 5.82 Å². The summed E-state index contributed by atoms with van der Waals surface area (Å²) < 4.78 is 0.